The molecule has 0 bridgehead atoms. The smallest absolute Gasteiger partial charge is 0.260 e. The van der Waals surface area contributed by atoms with E-state index in [9.17, 15) is 9.59 Å². The number of amides is 2. The Morgan fingerprint density at radius 3 is 2.45 bits per heavy atom. The summed E-state index contributed by atoms with van der Waals surface area (Å²) >= 11 is 11.2. The van der Waals surface area contributed by atoms with Gasteiger partial charge in [-0.3, -0.25) is 9.59 Å². The first-order valence-corrected chi connectivity index (χ1v) is 8.01. The second kappa shape index (κ2) is 8.25. The molecule has 1 aromatic rings. The molecule has 1 saturated heterocycles. The molecule has 0 atom stereocenters. The molecule has 2 rings (SSSR count). The highest BCUT2D eigenvalue weighted by atomic mass is 35.5. The molecule has 22 heavy (non-hydrogen) atoms. The van der Waals surface area contributed by atoms with E-state index in [4.69, 9.17) is 27.9 Å². The predicted molar refractivity (Wildman–Crippen MR) is 85.4 cm³/mol. The van der Waals surface area contributed by atoms with Crippen LogP contribution in [-0.4, -0.2) is 48.3 Å². The molecule has 0 unspecified atom stereocenters. The van der Waals surface area contributed by atoms with E-state index in [-0.39, 0.29) is 30.3 Å². The molecule has 1 fully saturated rings. The third-order valence-electron chi connectivity index (χ3n) is 3.51. The number of nitrogens with one attached hydrogen (secondary N) is 1. The second-order valence-corrected chi connectivity index (χ2v) is 5.80. The van der Waals surface area contributed by atoms with Crippen molar-refractivity contribution < 1.29 is 14.3 Å². The van der Waals surface area contributed by atoms with Gasteiger partial charge in [0, 0.05) is 24.2 Å². The number of alkyl halides is 1. The van der Waals surface area contributed by atoms with Crippen LogP contribution in [0.4, 0.5) is 0 Å². The van der Waals surface area contributed by atoms with Crippen LogP contribution in [-0.2, 0) is 9.59 Å². The summed E-state index contributed by atoms with van der Waals surface area (Å²) in [6.07, 6.45) is 1.46. The van der Waals surface area contributed by atoms with Crippen molar-refractivity contribution >= 4 is 35.0 Å². The number of benzene rings is 1. The first kappa shape index (κ1) is 16.9. The molecule has 0 spiro atoms. The summed E-state index contributed by atoms with van der Waals surface area (Å²) < 4.78 is 5.45. The number of ether oxygens (including phenoxy) is 1. The van der Waals surface area contributed by atoms with Crippen LogP contribution in [0.25, 0.3) is 0 Å². The summed E-state index contributed by atoms with van der Waals surface area (Å²) in [6, 6.07) is 6.97. The molecule has 0 aromatic heterocycles. The van der Waals surface area contributed by atoms with Crippen LogP contribution >= 0.6 is 23.2 Å². The highest BCUT2D eigenvalue weighted by molar-refractivity contribution is 6.30. The van der Waals surface area contributed by atoms with Gasteiger partial charge in [-0.1, -0.05) is 11.6 Å². The SMILES string of the molecule is O=C(CCl)NC1CCN(C(=O)COc2ccc(Cl)cc2)CC1. The molecule has 0 radical (unpaired) electrons. The predicted octanol–water partition coefficient (Wildman–Crippen LogP) is 2.06. The minimum atomic E-state index is -0.169. The number of piperidine rings is 1. The summed E-state index contributed by atoms with van der Waals surface area (Å²) in [7, 11) is 0. The minimum absolute atomic E-state index is 0.000335. The highest BCUT2D eigenvalue weighted by Crippen LogP contribution is 2.16. The Hall–Kier alpha value is -1.46. The summed E-state index contributed by atoms with van der Waals surface area (Å²) in [5.41, 5.74) is 0. The van der Waals surface area contributed by atoms with E-state index in [1.165, 1.54) is 0 Å². The summed E-state index contributed by atoms with van der Waals surface area (Å²) in [6.45, 7) is 1.21. The van der Waals surface area contributed by atoms with Crippen molar-refractivity contribution in [3.8, 4) is 5.75 Å². The average Bonchev–Trinajstić information content (AvgIpc) is 2.54. The Kier molecular flexibility index (Phi) is 6.34. The number of likely N-dealkylation sites (tertiary alicyclic amines) is 1. The van der Waals surface area contributed by atoms with Gasteiger partial charge in [0.05, 0.1) is 0 Å². The van der Waals surface area contributed by atoms with Crippen molar-refractivity contribution in [2.24, 2.45) is 0 Å². The van der Waals surface area contributed by atoms with Crippen LogP contribution in [0.1, 0.15) is 12.8 Å². The fraction of sp³-hybridized carbons (Fsp3) is 0.467. The van der Waals surface area contributed by atoms with Crippen LogP contribution in [0, 0.1) is 0 Å². The van der Waals surface area contributed by atoms with Gasteiger partial charge in [0.1, 0.15) is 11.6 Å². The number of rotatable bonds is 5. The maximum Gasteiger partial charge on any atom is 0.260 e. The first-order chi connectivity index (χ1) is 10.6. The number of hydrogen-bond acceptors (Lipinski definition) is 3. The molecular formula is C15H18Cl2N2O3. The summed E-state index contributed by atoms with van der Waals surface area (Å²) in [5.74, 6) is 0.352. The van der Waals surface area contributed by atoms with Crippen molar-refractivity contribution in [2.45, 2.75) is 18.9 Å². The van der Waals surface area contributed by atoms with Gasteiger partial charge in [0.25, 0.3) is 5.91 Å². The Morgan fingerprint density at radius 2 is 1.86 bits per heavy atom. The normalized spacial score (nSPS) is 15.5. The van der Waals surface area contributed by atoms with Gasteiger partial charge < -0.3 is 15.0 Å². The fourth-order valence-electron chi connectivity index (χ4n) is 2.31. The fourth-order valence-corrected chi connectivity index (χ4v) is 2.51. The lowest BCUT2D eigenvalue weighted by Gasteiger charge is -2.32. The zero-order chi connectivity index (χ0) is 15.9. The number of halogens is 2. The van der Waals surface area contributed by atoms with Crippen LogP contribution in [0.15, 0.2) is 24.3 Å². The van der Waals surface area contributed by atoms with Gasteiger partial charge in [-0.2, -0.15) is 0 Å². The van der Waals surface area contributed by atoms with Crippen molar-refractivity contribution in [2.75, 3.05) is 25.6 Å². The molecule has 1 heterocycles. The van der Waals surface area contributed by atoms with Crippen LogP contribution in [0.2, 0.25) is 5.02 Å². The quantitative estimate of drug-likeness (QED) is 0.831. The zero-order valence-electron chi connectivity index (χ0n) is 12.1. The Balaban J connectivity index is 1.73. The van der Waals surface area contributed by atoms with Gasteiger partial charge in [-0.15, -0.1) is 11.6 Å². The second-order valence-electron chi connectivity index (χ2n) is 5.10. The molecule has 1 aliphatic rings. The molecule has 1 N–H and O–H groups in total. The molecule has 1 aliphatic heterocycles. The van der Waals surface area contributed by atoms with E-state index in [2.05, 4.69) is 5.32 Å². The number of nitrogens with zero attached hydrogens (tertiary/aromatic N) is 1. The number of carbonyl (C=O) groups excluding carboxylic acids is 2. The standard InChI is InChI=1S/C15H18Cl2N2O3/c16-9-14(20)18-12-5-7-19(8-6-12)15(21)10-22-13-3-1-11(17)2-4-13/h1-4,12H,5-10H2,(H,18,20). The molecule has 0 aliphatic carbocycles. The maximum atomic E-state index is 12.1. The van der Waals surface area contributed by atoms with Crippen molar-refractivity contribution in [1.29, 1.82) is 0 Å². The van der Waals surface area contributed by atoms with E-state index in [1.807, 2.05) is 0 Å². The average molecular weight is 345 g/mol. The van der Waals surface area contributed by atoms with Crippen LogP contribution < -0.4 is 10.1 Å². The monoisotopic (exact) mass is 344 g/mol. The molecule has 1 aromatic carbocycles. The van der Waals surface area contributed by atoms with Gasteiger partial charge >= 0.3 is 0 Å². The topological polar surface area (TPSA) is 58.6 Å². The summed E-state index contributed by atoms with van der Waals surface area (Å²) in [5, 5.41) is 3.46. The first-order valence-electron chi connectivity index (χ1n) is 7.10. The van der Waals surface area contributed by atoms with Crippen molar-refractivity contribution in [3.63, 3.8) is 0 Å². The maximum absolute atomic E-state index is 12.1. The minimum Gasteiger partial charge on any atom is -0.484 e. The van der Waals surface area contributed by atoms with Crippen molar-refractivity contribution in [1.82, 2.24) is 10.2 Å². The van der Waals surface area contributed by atoms with Crippen LogP contribution in [0.5, 0.6) is 5.75 Å². The van der Waals surface area contributed by atoms with Gasteiger partial charge in [0.2, 0.25) is 5.91 Å². The Morgan fingerprint density at radius 1 is 1.23 bits per heavy atom. The van der Waals surface area contributed by atoms with E-state index in [0.29, 0.717) is 23.9 Å². The Labute approximate surface area is 139 Å². The van der Waals surface area contributed by atoms with Gasteiger partial charge in [-0.25, -0.2) is 0 Å². The van der Waals surface area contributed by atoms with E-state index in [0.717, 1.165) is 12.8 Å². The largest absolute Gasteiger partial charge is 0.484 e. The lowest BCUT2D eigenvalue weighted by Crippen LogP contribution is -2.47. The lowest BCUT2D eigenvalue weighted by atomic mass is 10.1. The zero-order valence-corrected chi connectivity index (χ0v) is 13.6. The molecular weight excluding hydrogens is 327 g/mol. The molecule has 7 heteroatoms. The third-order valence-corrected chi connectivity index (χ3v) is 4.00. The Bertz CT molecular complexity index is 514. The molecule has 2 amide bonds. The van der Waals surface area contributed by atoms with Gasteiger partial charge in [0.15, 0.2) is 6.61 Å². The van der Waals surface area contributed by atoms with E-state index in [1.54, 1.807) is 29.2 Å². The lowest BCUT2D eigenvalue weighted by molar-refractivity contribution is -0.134. The third kappa shape index (κ3) is 5.07. The number of hydrogen-bond donors (Lipinski definition) is 1. The molecule has 0 saturated carbocycles. The van der Waals surface area contributed by atoms with Crippen LogP contribution in [0.3, 0.4) is 0 Å². The molecule has 5 nitrogen and oxygen atoms in total. The number of carbonyl (C=O) groups is 2. The summed E-state index contributed by atoms with van der Waals surface area (Å²) in [4.78, 5) is 25.1. The molecule has 120 valence electrons. The van der Waals surface area contributed by atoms with E-state index >= 15 is 0 Å². The van der Waals surface area contributed by atoms with E-state index < -0.39 is 0 Å². The van der Waals surface area contributed by atoms with Gasteiger partial charge in [-0.05, 0) is 37.1 Å². The van der Waals surface area contributed by atoms with Crippen molar-refractivity contribution in [3.05, 3.63) is 29.3 Å². The highest BCUT2D eigenvalue weighted by Gasteiger charge is 2.23.